The number of nitriles is 1. The summed E-state index contributed by atoms with van der Waals surface area (Å²) < 4.78 is 0. The van der Waals surface area contributed by atoms with Crippen LogP contribution in [-0.2, 0) is 17.6 Å². The average Bonchev–Trinajstić information content (AvgIpc) is 3.77. The minimum absolute atomic E-state index is 0.0576. The summed E-state index contributed by atoms with van der Waals surface area (Å²) in [4.78, 5) is 38.8. The number of benzene rings is 2. The van der Waals surface area contributed by atoms with Crippen molar-refractivity contribution in [3.8, 4) is 6.07 Å². The van der Waals surface area contributed by atoms with Gasteiger partial charge in [-0.2, -0.15) is 10.4 Å². The second-order valence-electron chi connectivity index (χ2n) is 12.0. The number of hydrazone groups is 1. The van der Waals surface area contributed by atoms with Crippen LogP contribution in [0.2, 0.25) is 0 Å². The molecule has 1 heterocycles. The highest BCUT2D eigenvalue weighted by atomic mass is 16.2. The van der Waals surface area contributed by atoms with Crippen molar-refractivity contribution in [1.82, 2.24) is 26.4 Å². The van der Waals surface area contributed by atoms with E-state index >= 15 is 0 Å². The summed E-state index contributed by atoms with van der Waals surface area (Å²) in [5.74, 6) is 6.14. The lowest BCUT2D eigenvalue weighted by atomic mass is 9.86. The van der Waals surface area contributed by atoms with Crippen LogP contribution >= 0.6 is 0 Å². The van der Waals surface area contributed by atoms with E-state index in [1.165, 1.54) is 0 Å². The highest BCUT2D eigenvalue weighted by molar-refractivity contribution is 5.94. The molecule has 1 saturated carbocycles. The number of nitrogens with zero attached hydrogens (tertiary/aromatic N) is 3. The number of amides is 2. The predicted octanol–water partition coefficient (Wildman–Crippen LogP) is 2.76. The number of piperidine rings is 1. The van der Waals surface area contributed by atoms with Gasteiger partial charge in [-0.1, -0.05) is 39.0 Å². The zero-order chi connectivity index (χ0) is 35.8. The van der Waals surface area contributed by atoms with Gasteiger partial charge in [-0.15, -0.1) is 0 Å². The van der Waals surface area contributed by atoms with Gasteiger partial charge in [0.15, 0.2) is 0 Å². The molecule has 5 atom stereocenters. The molecule has 262 valence electrons. The van der Waals surface area contributed by atoms with Crippen LogP contribution < -0.4 is 33.1 Å². The molecule has 0 spiro atoms. The molecule has 48 heavy (non-hydrogen) atoms. The standard InChI is InChI=1S/C32H42N8O3.C2H7N.C2H6/c1-19-4-6-24(32(43)36-3)15-22(19)7-8-23-14-21(18-41)5-10-27(23)28(31(34)38-39-35)12-13-37-17-29(42)40-25(16-33)9-11-26-20(2)30(26)40;1-3-2;1-2/h4-6,10,14-15,18,20,25-26,28,30,37,39H,7-9,11-13,17,35H2,1-3H3,(H2,34,38)(H,36,43);3H,1-2H3;1-2H3/t20-,25-,26?,28?,30?;;/m0../s1. The smallest absolute Gasteiger partial charge is 0.251 e. The Hall–Kier alpha value is -4.31. The number of hydrazine groups is 1. The summed E-state index contributed by atoms with van der Waals surface area (Å²) in [6.45, 7) is 8.75. The molecule has 12 heteroatoms. The summed E-state index contributed by atoms with van der Waals surface area (Å²) >= 11 is 0. The SMILES string of the molecule is CC.CNC.CNC(=O)c1ccc(C)c(CCc2cc(C=O)ccc2C(CCNCC(=O)N2C3C(CC[C@H]2C#N)[C@@H]3C)/C(N)=N/NN)c1. The number of aryl methyl sites for hydroxylation is 3. The molecule has 1 aliphatic carbocycles. The number of likely N-dealkylation sites (tertiary alicyclic amines) is 1. The molecule has 2 amide bonds. The number of fused-ring (bicyclic) bond motifs is 1. The quantitative estimate of drug-likeness (QED) is 0.0468. The Balaban J connectivity index is 0.00000151. The monoisotopic (exact) mass is 661 g/mol. The Morgan fingerprint density at radius 2 is 1.79 bits per heavy atom. The third-order valence-corrected chi connectivity index (χ3v) is 9.00. The van der Waals surface area contributed by atoms with Gasteiger partial charge in [0.2, 0.25) is 5.91 Å². The van der Waals surface area contributed by atoms with Crippen molar-refractivity contribution in [2.45, 2.75) is 77.8 Å². The van der Waals surface area contributed by atoms with E-state index in [9.17, 15) is 19.6 Å². The third kappa shape index (κ3) is 10.3. The highest BCUT2D eigenvalue weighted by Gasteiger charge is 2.56. The molecule has 3 unspecified atom stereocenters. The highest BCUT2D eigenvalue weighted by Crippen LogP contribution is 2.50. The first-order valence-corrected chi connectivity index (χ1v) is 16.8. The topological polar surface area (TPSA) is 191 Å². The molecule has 8 N–H and O–H groups in total. The maximum Gasteiger partial charge on any atom is 0.251 e. The number of carbonyl (C=O) groups excluding carboxylic acids is 3. The van der Waals surface area contributed by atoms with Crippen LogP contribution in [0.25, 0.3) is 0 Å². The lowest BCUT2D eigenvalue weighted by Gasteiger charge is -2.31. The van der Waals surface area contributed by atoms with Crippen LogP contribution in [0.5, 0.6) is 0 Å². The molecule has 0 bridgehead atoms. The number of hydrogen-bond acceptors (Lipinski definition) is 9. The molecular formula is C36H55N9O3. The van der Waals surface area contributed by atoms with E-state index in [2.05, 4.69) is 39.6 Å². The fourth-order valence-electron chi connectivity index (χ4n) is 6.48. The van der Waals surface area contributed by atoms with E-state index in [0.717, 1.165) is 41.4 Å². The Morgan fingerprint density at radius 3 is 2.42 bits per heavy atom. The average molecular weight is 662 g/mol. The van der Waals surface area contributed by atoms with Crippen molar-refractivity contribution >= 4 is 23.9 Å². The summed E-state index contributed by atoms with van der Waals surface area (Å²) in [5, 5.41) is 22.3. The molecule has 2 aromatic rings. The zero-order valence-corrected chi connectivity index (χ0v) is 29.6. The van der Waals surface area contributed by atoms with E-state index < -0.39 is 0 Å². The van der Waals surface area contributed by atoms with Gasteiger partial charge in [0.1, 0.15) is 18.2 Å². The lowest BCUT2D eigenvalue weighted by molar-refractivity contribution is -0.133. The van der Waals surface area contributed by atoms with Crippen LogP contribution in [0.3, 0.4) is 0 Å². The van der Waals surface area contributed by atoms with Crippen molar-refractivity contribution in [1.29, 1.82) is 5.26 Å². The molecular weight excluding hydrogens is 606 g/mol. The molecule has 2 aliphatic rings. The first-order chi connectivity index (χ1) is 23.1. The lowest BCUT2D eigenvalue weighted by Crippen LogP contribution is -2.48. The van der Waals surface area contributed by atoms with Crippen LogP contribution in [-0.4, -0.2) is 75.2 Å². The van der Waals surface area contributed by atoms with Gasteiger partial charge in [0.25, 0.3) is 5.91 Å². The van der Waals surface area contributed by atoms with E-state index in [4.69, 9.17) is 11.6 Å². The van der Waals surface area contributed by atoms with E-state index in [-0.39, 0.29) is 42.2 Å². The summed E-state index contributed by atoms with van der Waals surface area (Å²) in [7, 11) is 5.35. The van der Waals surface area contributed by atoms with Crippen molar-refractivity contribution in [2.75, 3.05) is 34.2 Å². The van der Waals surface area contributed by atoms with Crippen LogP contribution in [0.1, 0.15) is 88.9 Å². The number of amidine groups is 1. The Labute approximate surface area is 286 Å². The Kier molecular flexibility index (Phi) is 16.7. The minimum atomic E-state index is -0.369. The van der Waals surface area contributed by atoms with Gasteiger partial charge in [-0.25, -0.2) is 11.4 Å². The van der Waals surface area contributed by atoms with Gasteiger partial charge in [-0.3, -0.25) is 14.4 Å². The van der Waals surface area contributed by atoms with Crippen LogP contribution in [0, 0.1) is 30.1 Å². The summed E-state index contributed by atoms with van der Waals surface area (Å²) in [6, 6.07) is 13.2. The van der Waals surface area contributed by atoms with E-state index in [1.54, 1.807) is 24.1 Å². The third-order valence-electron chi connectivity index (χ3n) is 9.00. The first-order valence-electron chi connectivity index (χ1n) is 16.8. The molecule has 12 nitrogen and oxygen atoms in total. The second kappa shape index (κ2) is 20.1. The van der Waals surface area contributed by atoms with Crippen LogP contribution in [0.15, 0.2) is 41.5 Å². The Morgan fingerprint density at radius 1 is 1.10 bits per heavy atom. The van der Waals surface area contributed by atoms with Crippen molar-refractivity contribution in [2.24, 2.45) is 28.5 Å². The fourth-order valence-corrected chi connectivity index (χ4v) is 6.48. The molecule has 0 aromatic heterocycles. The molecule has 0 radical (unpaired) electrons. The number of carbonyl (C=O) groups is 3. The molecule has 4 rings (SSSR count). The van der Waals surface area contributed by atoms with Gasteiger partial charge < -0.3 is 26.6 Å². The van der Waals surface area contributed by atoms with Gasteiger partial charge >= 0.3 is 0 Å². The zero-order valence-electron chi connectivity index (χ0n) is 29.6. The second-order valence-corrected chi connectivity index (χ2v) is 12.0. The molecule has 1 aliphatic heterocycles. The maximum atomic E-state index is 13.1. The number of hydrogen-bond donors (Lipinski definition) is 6. The normalized spacial score (nSPS) is 20.0. The Bertz CT molecular complexity index is 1440. The fraction of sp³-hybridized carbons (Fsp3) is 0.528. The molecule has 2 fully saturated rings. The minimum Gasteiger partial charge on any atom is -0.385 e. The maximum absolute atomic E-state index is 13.1. The van der Waals surface area contributed by atoms with Gasteiger partial charge in [0, 0.05) is 30.1 Å². The van der Waals surface area contributed by atoms with Gasteiger partial charge in [0.05, 0.1) is 12.6 Å². The number of rotatable bonds is 13. The largest absolute Gasteiger partial charge is 0.385 e. The van der Waals surface area contributed by atoms with Crippen molar-refractivity contribution in [3.05, 3.63) is 69.8 Å². The predicted molar refractivity (Wildman–Crippen MR) is 191 cm³/mol. The van der Waals surface area contributed by atoms with E-state index in [0.29, 0.717) is 48.8 Å². The molecule has 2 aromatic carbocycles. The summed E-state index contributed by atoms with van der Waals surface area (Å²) in [6.07, 6.45) is 4.31. The molecule has 1 saturated heterocycles. The number of nitrogens with two attached hydrogens (primary N) is 2. The van der Waals surface area contributed by atoms with E-state index in [1.807, 2.05) is 59.1 Å². The summed E-state index contributed by atoms with van der Waals surface area (Å²) in [5.41, 5.74) is 13.7. The van der Waals surface area contributed by atoms with Gasteiger partial charge in [-0.05, 0) is 112 Å². The van der Waals surface area contributed by atoms with Crippen LogP contribution in [0.4, 0.5) is 0 Å². The van der Waals surface area contributed by atoms with Crippen molar-refractivity contribution < 1.29 is 14.4 Å². The number of nitrogens with one attached hydrogen (secondary N) is 4. The first kappa shape index (κ1) is 39.9. The number of aldehydes is 1. The van der Waals surface area contributed by atoms with Crippen molar-refractivity contribution in [3.63, 3.8) is 0 Å².